The molecule has 1 heterocycles. The van der Waals surface area contributed by atoms with E-state index in [1.165, 1.54) is 5.57 Å². The first-order chi connectivity index (χ1) is 4.75. The lowest BCUT2D eigenvalue weighted by Gasteiger charge is -2.25. The quantitative estimate of drug-likeness (QED) is 0.529. The molecular formula is C8H12ClN. The van der Waals surface area contributed by atoms with Crippen LogP contribution < -0.4 is 0 Å². The first-order valence-electron chi connectivity index (χ1n) is 3.54. The summed E-state index contributed by atoms with van der Waals surface area (Å²) in [6, 6.07) is 0.395. The van der Waals surface area contributed by atoms with Crippen LogP contribution >= 0.6 is 11.8 Å². The van der Waals surface area contributed by atoms with Crippen molar-refractivity contribution in [1.29, 1.82) is 0 Å². The summed E-state index contributed by atoms with van der Waals surface area (Å²) >= 11 is 5.88. The van der Waals surface area contributed by atoms with Crippen molar-refractivity contribution in [1.82, 2.24) is 4.42 Å². The summed E-state index contributed by atoms with van der Waals surface area (Å²) in [6.07, 6.45) is 7.03. The third-order valence-corrected chi connectivity index (χ3v) is 2.15. The van der Waals surface area contributed by atoms with Crippen molar-refractivity contribution >= 4 is 11.8 Å². The Labute approximate surface area is 67.1 Å². The standard InChI is InChI=1S/C8H12ClN/c1-3-8-7(2)5-4-6-10(8)9/h4-6,8H,3H2,1-2H3. The maximum atomic E-state index is 5.88. The molecule has 0 aromatic carbocycles. The fraction of sp³-hybridized carbons (Fsp3) is 0.500. The summed E-state index contributed by atoms with van der Waals surface area (Å²) in [5.41, 5.74) is 1.33. The molecule has 0 saturated carbocycles. The highest BCUT2D eigenvalue weighted by Crippen LogP contribution is 2.20. The van der Waals surface area contributed by atoms with Gasteiger partial charge in [0, 0.05) is 18.0 Å². The topological polar surface area (TPSA) is 3.24 Å². The van der Waals surface area contributed by atoms with Crippen molar-refractivity contribution in [3.05, 3.63) is 23.9 Å². The summed E-state index contributed by atoms with van der Waals surface area (Å²) in [5, 5.41) is 0. The molecule has 10 heavy (non-hydrogen) atoms. The molecule has 0 bridgehead atoms. The number of halogens is 1. The minimum atomic E-state index is 0.395. The van der Waals surface area contributed by atoms with Crippen molar-refractivity contribution in [2.75, 3.05) is 0 Å². The van der Waals surface area contributed by atoms with Gasteiger partial charge in [-0.15, -0.1) is 0 Å². The average Bonchev–Trinajstić information content (AvgIpc) is 1.88. The lowest BCUT2D eigenvalue weighted by molar-refractivity contribution is 0.462. The molecule has 1 aliphatic heterocycles. The van der Waals surface area contributed by atoms with Crippen LogP contribution in [0, 0.1) is 0 Å². The van der Waals surface area contributed by atoms with Gasteiger partial charge in [0.15, 0.2) is 0 Å². The summed E-state index contributed by atoms with van der Waals surface area (Å²) in [4.78, 5) is 0. The molecule has 0 aliphatic carbocycles. The van der Waals surface area contributed by atoms with E-state index in [1.54, 1.807) is 4.42 Å². The Bertz CT molecular complexity index is 172. The Balaban J connectivity index is 2.71. The van der Waals surface area contributed by atoms with Crippen LogP contribution in [-0.2, 0) is 0 Å². The van der Waals surface area contributed by atoms with Crippen molar-refractivity contribution in [3.63, 3.8) is 0 Å². The molecule has 0 aromatic rings. The second kappa shape index (κ2) is 3.11. The molecular weight excluding hydrogens is 146 g/mol. The molecule has 0 amide bonds. The largest absolute Gasteiger partial charge is 0.285 e. The van der Waals surface area contributed by atoms with Gasteiger partial charge in [0.25, 0.3) is 0 Å². The van der Waals surface area contributed by atoms with Crippen LogP contribution in [0.5, 0.6) is 0 Å². The molecule has 1 atom stereocenters. The average molecular weight is 158 g/mol. The number of hydrogen-bond acceptors (Lipinski definition) is 1. The van der Waals surface area contributed by atoms with E-state index in [9.17, 15) is 0 Å². The van der Waals surface area contributed by atoms with Crippen LogP contribution in [0.3, 0.4) is 0 Å². The second-order valence-electron chi connectivity index (χ2n) is 2.52. The second-order valence-corrected chi connectivity index (χ2v) is 2.91. The van der Waals surface area contributed by atoms with Gasteiger partial charge in [0.1, 0.15) is 0 Å². The molecule has 1 nitrogen and oxygen atoms in total. The lowest BCUT2D eigenvalue weighted by Crippen LogP contribution is -2.24. The van der Waals surface area contributed by atoms with Gasteiger partial charge in [0.05, 0.1) is 6.04 Å². The maximum Gasteiger partial charge on any atom is 0.0660 e. The van der Waals surface area contributed by atoms with E-state index in [1.807, 2.05) is 12.3 Å². The summed E-state index contributed by atoms with van der Waals surface area (Å²) < 4.78 is 1.73. The summed E-state index contributed by atoms with van der Waals surface area (Å²) in [7, 11) is 0. The molecule has 0 fully saturated rings. The van der Waals surface area contributed by atoms with Crippen molar-refractivity contribution < 1.29 is 0 Å². The SMILES string of the molecule is CCC1C(C)=CC=CN1Cl. The van der Waals surface area contributed by atoms with E-state index >= 15 is 0 Å². The van der Waals surface area contributed by atoms with Crippen molar-refractivity contribution in [3.8, 4) is 0 Å². The highest BCUT2D eigenvalue weighted by Gasteiger charge is 2.14. The maximum absolute atomic E-state index is 5.88. The van der Waals surface area contributed by atoms with E-state index in [2.05, 4.69) is 19.9 Å². The number of nitrogens with zero attached hydrogens (tertiary/aromatic N) is 1. The van der Waals surface area contributed by atoms with Gasteiger partial charge in [-0.3, -0.25) is 4.42 Å². The first kappa shape index (κ1) is 7.67. The fourth-order valence-corrected chi connectivity index (χ4v) is 1.54. The summed E-state index contributed by atoms with van der Waals surface area (Å²) in [6.45, 7) is 4.24. The highest BCUT2D eigenvalue weighted by molar-refractivity contribution is 6.14. The molecule has 0 N–H and O–H groups in total. The minimum absolute atomic E-state index is 0.395. The van der Waals surface area contributed by atoms with Crippen molar-refractivity contribution in [2.24, 2.45) is 0 Å². The normalized spacial score (nSPS) is 24.9. The molecule has 2 heteroatoms. The zero-order valence-electron chi connectivity index (χ0n) is 6.34. The van der Waals surface area contributed by atoms with Gasteiger partial charge in [-0.25, -0.2) is 0 Å². The Hall–Kier alpha value is -0.430. The summed E-state index contributed by atoms with van der Waals surface area (Å²) in [5.74, 6) is 0. The fourth-order valence-electron chi connectivity index (χ4n) is 1.18. The molecule has 56 valence electrons. The van der Waals surface area contributed by atoms with E-state index in [4.69, 9.17) is 11.8 Å². The number of allylic oxidation sites excluding steroid dienone is 2. The van der Waals surface area contributed by atoms with Crippen LogP contribution in [0.1, 0.15) is 20.3 Å². The third-order valence-electron chi connectivity index (χ3n) is 1.80. The molecule has 0 aromatic heterocycles. The monoisotopic (exact) mass is 157 g/mol. The van der Waals surface area contributed by atoms with Crippen LogP contribution in [0.4, 0.5) is 0 Å². The molecule has 0 spiro atoms. The molecule has 0 radical (unpaired) electrons. The van der Waals surface area contributed by atoms with E-state index in [0.29, 0.717) is 6.04 Å². The third kappa shape index (κ3) is 1.35. The Kier molecular flexibility index (Phi) is 2.39. The van der Waals surface area contributed by atoms with E-state index in [0.717, 1.165) is 6.42 Å². The van der Waals surface area contributed by atoms with Gasteiger partial charge in [-0.05, 0) is 25.0 Å². The molecule has 1 aliphatic rings. The van der Waals surface area contributed by atoms with Gasteiger partial charge in [0.2, 0.25) is 0 Å². The zero-order chi connectivity index (χ0) is 7.56. The lowest BCUT2D eigenvalue weighted by atomic mass is 10.0. The predicted octanol–water partition coefficient (Wildman–Crippen LogP) is 2.69. The predicted molar refractivity (Wildman–Crippen MR) is 44.7 cm³/mol. The molecule has 1 unspecified atom stereocenters. The van der Waals surface area contributed by atoms with Gasteiger partial charge >= 0.3 is 0 Å². The van der Waals surface area contributed by atoms with Crippen LogP contribution in [-0.4, -0.2) is 10.5 Å². The Morgan fingerprint density at radius 2 is 2.40 bits per heavy atom. The van der Waals surface area contributed by atoms with Gasteiger partial charge in [-0.1, -0.05) is 13.0 Å². The molecule has 1 rings (SSSR count). The highest BCUT2D eigenvalue weighted by atomic mass is 35.5. The van der Waals surface area contributed by atoms with E-state index in [-0.39, 0.29) is 0 Å². The van der Waals surface area contributed by atoms with Crippen LogP contribution in [0.25, 0.3) is 0 Å². The zero-order valence-corrected chi connectivity index (χ0v) is 7.10. The Morgan fingerprint density at radius 3 is 2.80 bits per heavy atom. The van der Waals surface area contributed by atoms with Gasteiger partial charge < -0.3 is 0 Å². The molecule has 0 saturated heterocycles. The first-order valence-corrected chi connectivity index (χ1v) is 3.88. The number of rotatable bonds is 1. The minimum Gasteiger partial charge on any atom is -0.285 e. The Morgan fingerprint density at radius 1 is 1.70 bits per heavy atom. The van der Waals surface area contributed by atoms with Crippen LogP contribution in [0.2, 0.25) is 0 Å². The van der Waals surface area contributed by atoms with E-state index < -0.39 is 0 Å². The smallest absolute Gasteiger partial charge is 0.0660 e. The number of hydrogen-bond donors (Lipinski definition) is 0. The van der Waals surface area contributed by atoms with Gasteiger partial charge in [-0.2, -0.15) is 0 Å². The van der Waals surface area contributed by atoms with Crippen LogP contribution in [0.15, 0.2) is 23.9 Å². The van der Waals surface area contributed by atoms with Crippen molar-refractivity contribution in [2.45, 2.75) is 26.3 Å².